The zero-order valence-electron chi connectivity index (χ0n) is 17.4. The normalized spacial score (nSPS) is 11.5. The van der Waals surface area contributed by atoms with Gasteiger partial charge in [-0.25, -0.2) is 12.7 Å². The Morgan fingerprint density at radius 1 is 1.00 bits per heavy atom. The van der Waals surface area contributed by atoms with Crippen molar-refractivity contribution in [2.24, 2.45) is 0 Å². The highest BCUT2D eigenvalue weighted by Crippen LogP contribution is 2.25. The van der Waals surface area contributed by atoms with Crippen LogP contribution in [0.3, 0.4) is 0 Å². The summed E-state index contributed by atoms with van der Waals surface area (Å²) in [5, 5.41) is 3.49. The third-order valence-electron chi connectivity index (χ3n) is 4.64. The third kappa shape index (κ3) is 5.89. The van der Waals surface area contributed by atoms with Crippen molar-refractivity contribution in [2.45, 2.75) is 22.5 Å². The Labute approximate surface area is 192 Å². The van der Waals surface area contributed by atoms with Gasteiger partial charge in [0.15, 0.2) is 0 Å². The van der Waals surface area contributed by atoms with E-state index in [1.165, 1.54) is 20.2 Å². The Morgan fingerprint density at radius 3 is 2.26 bits per heavy atom. The molecule has 0 aliphatic heterocycles. The van der Waals surface area contributed by atoms with Crippen LogP contribution in [0.15, 0.2) is 76.5 Å². The fourth-order valence-corrected chi connectivity index (χ4v) is 4.93. The number of carbonyl (C=O) groups excluding carboxylic acids is 1. The highest BCUT2D eigenvalue weighted by molar-refractivity contribution is 7.98. The van der Waals surface area contributed by atoms with Gasteiger partial charge in [0.2, 0.25) is 10.0 Å². The first-order chi connectivity index (χ1) is 14.7. The van der Waals surface area contributed by atoms with Crippen molar-refractivity contribution in [1.29, 1.82) is 0 Å². The van der Waals surface area contributed by atoms with E-state index in [4.69, 9.17) is 11.6 Å². The molecule has 162 valence electrons. The molecule has 0 heterocycles. The smallest absolute Gasteiger partial charge is 0.255 e. The van der Waals surface area contributed by atoms with Gasteiger partial charge in [-0.1, -0.05) is 29.8 Å². The molecule has 0 saturated heterocycles. The number of hydrogen-bond donors (Lipinski definition) is 1. The van der Waals surface area contributed by atoms with Crippen LogP contribution in [0.5, 0.6) is 0 Å². The molecule has 0 aliphatic rings. The van der Waals surface area contributed by atoms with Gasteiger partial charge in [0, 0.05) is 41.0 Å². The quantitative estimate of drug-likeness (QED) is 0.463. The first-order valence-electron chi connectivity index (χ1n) is 9.48. The van der Waals surface area contributed by atoms with Gasteiger partial charge in [0.05, 0.1) is 4.90 Å². The number of thioether (sulfide) groups is 1. The fraction of sp³-hybridized carbons (Fsp3) is 0.174. The number of rotatable bonds is 7. The molecule has 1 amide bonds. The van der Waals surface area contributed by atoms with Gasteiger partial charge >= 0.3 is 0 Å². The number of carbonyl (C=O) groups is 1. The number of halogens is 1. The number of sulfonamides is 1. The van der Waals surface area contributed by atoms with Gasteiger partial charge in [0.1, 0.15) is 0 Å². The van der Waals surface area contributed by atoms with Crippen molar-refractivity contribution in [3.63, 3.8) is 0 Å². The molecule has 1 N–H and O–H groups in total. The summed E-state index contributed by atoms with van der Waals surface area (Å²) >= 11 is 7.59. The van der Waals surface area contributed by atoms with Gasteiger partial charge in [-0.15, -0.1) is 11.8 Å². The molecule has 3 aromatic carbocycles. The van der Waals surface area contributed by atoms with Gasteiger partial charge in [0.25, 0.3) is 5.91 Å². The highest BCUT2D eigenvalue weighted by Gasteiger charge is 2.20. The number of anilines is 1. The van der Waals surface area contributed by atoms with Gasteiger partial charge < -0.3 is 5.32 Å². The average Bonchev–Trinajstić information content (AvgIpc) is 2.74. The summed E-state index contributed by atoms with van der Waals surface area (Å²) in [7, 11) is -0.637. The number of hydrogen-bond acceptors (Lipinski definition) is 4. The molecule has 5 nitrogen and oxygen atoms in total. The van der Waals surface area contributed by atoms with E-state index >= 15 is 0 Å². The van der Waals surface area contributed by atoms with Crippen molar-refractivity contribution >= 4 is 45.0 Å². The molecular weight excluding hydrogens is 452 g/mol. The summed E-state index contributed by atoms with van der Waals surface area (Å²) in [5.74, 6) is 0.474. The molecule has 0 atom stereocenters. The van der Waals surface area contributed by atoms with Gasteiger partial charge in [-0.3, -0.25) is 4.79 Å². The maximum absolute atomic E-state index is 12.6. The Bertz CT molecular complexity index is 1180. The van der Waals surface area contributed by atoms with Crippen LogP contribution in [0, 0.1) is 6.92 Å². The lowest BCUT2D eigenvalue weighted by Gasteiger charge is -2.15. The van der Waals surface area contributed by atoms with Crippen molar-refractivity contribution in [3.8, 4) is 0 Å². The number of nitrogens with one attached hydrogen (secondary N) is 1. The van der Waals surface area contributed by atoms with Crippen molar-refractivity contribution in [1.82, 2.24) is 4.31 Å². The minimum absolute atomic E-state index is 0.171. The van der Waals surface area contributed by atoms with Crippen molar-refractivity contribution in [2.75, 3.05) is 19.4 Å². The molecule has 0 spiro atoms. The van der Waals surface area contributed by atoms with E-state index in [0.29, 0.717) is 21.8 Å². The summed E-state index contributed by atoms with van der Waals surface area (Å²) in [6, 6.07) is 19.9. The van der Waals surface area contributed by atoms with Crippen LogP contribution in [0.2, 0.25) is 5.02 Å². The molecule has 0 radical (unpaired) electrons. The first-order valence-corrected chi connectivity index (χ1v) is 12.3. The molecule has 0 bridgehead atoms. The van der Waals surface area contributed by atoms with E-state index in [-0.39, 0.29) is 10.8 Å². The second-order valence-corrected chi connectivity index (χ2v) is 10.8. The second kappa shape index (κ2) is 9.87. The van der Waals surface area contributed by atoms with Crippen molar-refractivity contribution < 1.29 is 13.2 Å². The van der Waals surface area contributed by atoms with E-state index in [2.05, 4.69) is 5.32 Å². The lowest BCUT2D eigenvalue weighted by Crippen LogP contribution is -2.23. The SMILES string of the molecule is Cc1ccc(NC(=O)c2ccc(CSc3ccc(Cl)cc3)cc2)cc1S(=O)(=O)N(C)C. The molecule has 3 rings (SSSR count). The summed E-state index contributed by atoms with van der Waals surface area (Å²) in [4.78, 5) is 13.9. The van der Waals surface area contributed by atoms with Crippen LogP contribution in [-0.2, 0) is 15.8 Å². The fourth-order valence-electron chi connectivity index (χ4n) is 2.81. The second-order valence-electron chi connectivity index (χ2n) is 7.16. The molecular formula is C23H23ClN2O3S2. The molecule has 0 aromatic heterocycles. The van der Waals surface area contributed by atoms with Crippen LogP contribution >= 0.6 is 23.4 Å². The maximum atomic E-state index is 12.6. The van der Waals surface area contributed by atoms with E-state index in [9.17, 15) is 13.2 Å². The minimum Gasteiger partial charge on any atom is -0.322 e. The Balaban J connectivity index is 1.67. The van der Waals surface area contributed by atoms with Crippen molar-refractivity contribution in [3.05, 3.63) is 88.4 Å². The average molecular weight is 475 g/mol. The minimum atomic E-state index is -3.60. The third-order valence-corrected chi connectivity index (χ3v) is 7.93. The molecule has 8 heteroatoms. The highest BCUT2D eigenvalue weighted by atomic mass is 35.5. The summed E-state index contributed by atoms with van der Waals surface area (Å²) < 4.78 is 26.1. The molecule has 0 saturated carbocycles. The van der Waals surface area contributed by atoms with Crippen LogP contribution < -0.4 is 5.32 Å². The Morgan fingerprint density at radius 2 is 1.65 bits per heavy atom. The van der Waals surface area contributed by atoms with E-state index < -0.39 is 10.0 Å². The number of amides is 1. The zero-order valence-corrected chi connectivity index (χ0v) is 19.8. The zero-order chi connectivity index (χ0) is 22.6. The summed E-state index contributed by atoms with van der Waals surface area (Å²) in [6.45, 7) is 1.72. The first kappa shape index (κ1) is 23.3. The predicted molar refractivity (Wildman–Crippen MR) is 127 cm³/mol. The number of benzene rings is 3. The topological polar surface area (TPSA) is 66.5 Å². The van der Waals surface area contributed by atoms with Crippen LogP contribution in [0.25, 0.3) is 0 Å². The predicted octanol–water partition coefficient (Wildman–Crippen LogP) is 5.44. The molecule has 31 heavy (non-hydrogen) atoms. The van der Waals surface area contributed by atoms with E-state index in [1.807, 2.05) is 36.4 Å². The van der Waals surface area contributed by atoms with Gasteiger partial charge in [-0.05, 0) is 66.6 Å². The standard InChI is InChI=1S/C23H23ClN2O3S2/c1-16-4-11-20(14-22(16)31(28,29)26(2)3)25-23(27)18-7-5-17(6-8-18)15-30-21-12-9-19(24)10-13-21/h4-14H,15H2,1-3H3,(H,25,27). The molecule has 0 fully saturated rings. The number of aryl methyl sites for hydroxylation is 1. The lowest BCUT2D eigenvalue weighted by atomic mass is 10.1. The molecule has 0 unspecified atom stereocenters. The van der Waals surface area contributed by atoms with Crippen LogP contribution in [0.4, 0.5) is 5.69 Å². The van der Waals surface area contributed by atoms with Crippen LogP contribution in [-0.4, -0.2) is 32.7 Å². The van der Waals surface area contributed by atoms with E-state index in [0.717, 1.165) is 20.5 Å². The Hall–Kier alpha value is -2.32. The van der Waals surface area contributed by atoms with E-state index in [1.54, 1.807) is 43.0 Å². The van der Waals surface area contributed by atoms with Crippen LogP contribution in [0.1, 0.15) is 21.5 Å². The molecule has 0 aliphatic carbocycles. The monoisotopic (exact) mass is 474 g/mol. The Kier molecular flexibility index (Phi) is 7.43. The van der Waals surface area contributed by atoms with Gasteiger partial charge in [-0.2, -0.15) is 0 Å². The lowest BCUT2D eigenvalue weighted by molar-refractivity contribution is 0.102. The molecule has 3 aromatic rings. The summed E-state index contributed by atoms with van der Waals surface area (Å²) in [6.07, 6.45) is 0. The number of nitrogens with zero attached hydrogens (tertiary/aromatic N) is 1. The summed E-state index contributed by atoms with van der Waals surface area (Å²) in [5.41, 5.74) is 2.64. The largest absolute Gasteiger partial charge is 0.322 e. The maximum Gasteiger partial charge on any atom is 0.255 e.